The van der Waals surface area contributed by atoms with Crippen molar-refractivity contribution in [1.29, 1.82) is 5.26 Å². The third-order valence-electron chi connectivity index (χ3n) is 1.48. The van der Waals surface area contributed by atoms with Gasteiger partial charge in [0.05, 0.1) is 18.9 Å². The summed E-state index contributed by atoms with van der Waals surface area (Å²) < 4.78 is 4.92. The highest BCUT2D eigenvalue weighted by atomic mass is 16.5. The molecule has 0 saturated heterocycles. The number of nitriles is 1. The Balaban J connectivity index is 2.80. The second-order valence-electron chi connectivity index (χ2n) is 2.38. The number of rotatable bonds is 2. The van der Waals surface area contributed by atoms with Crippen LogP contribution < -0.4 is 0 Å². The van der Waals surface area contributed by atoms with Gasteiger partial charge in [-0.05, 0) is 12.1 Å². The Kier molecular flexibility index (Phi) is 3.52. The molecule has 0 saturated carbocycles. The molecule has 0 aliphatic carbocycles. The van der Waals surface area contributed by atoms with E-state index in [-0.39, 0.29) is 6.42 Å². The largest absolute Gasteiger partial charge is 0.483 e. The van der Waals surface area contributed by atoms with Gasteiger partial charge in [0.2, 0.25) is 5.90 Å². The van der Waals surface area contributed by atoms with Gasteiger partial charge in [-0.25, -0.2) is 4.99 Å². The van der Waals surface area contributed by atoms with Crippen molar-refractivity contribution in [2.75, 3.05) is 7.11 Å². The molecule has 0 heterocycles. The average molecular weight is 174 g/mol. The highest BCUT2D eigenvalue weighted by Crippen LogP contribution is 2.10. The van der Waals surface area contributed by atoms with Gasteiger partial charge in [-0.3, -0.25) is 0 Å². The Hall–Kier alpha value is -1.82. The first-order valence-corrected chi connectivity index (χ1v) is 3.90. The Morgan fingerprint density at radius 2 is 2.15 bits per heavy atom. The van der Waals surface area contributed by atoms with Gasteiger partial charge < -0.3 is 4.74 Å². The fourth-order valence-electron chi connectivity index (χ4n) is 0.871. The summed E-state index contributed by atoms with van der Waals surface area (Å²) in [5, 5.41) is 8.43. The molecular formula is C10H10N2O. The van der Waals surface area contributed by atoms with Crippen LogP contribution in [0.1, 0.15) is 6.42 Å². The van der Waals surface area contributed by atoms with Gasteiger partial charge in [-0.2, -0.15) is 5.26 Å². The fourth-order valence-corrected chi connectivity index (χ4v) is 0.871. The van der Waals surface area contributed by atoms with E-state index in [1.807, 2.05) is 36.4 Å². The second-order valence-corrected chi connectivity index (χ2v) is 2.38. The summed E-state index contributed by atoms with van der Waals surface area (Å²) in [5.74, 6) is 0.439. The Labute approximate surface area is 77.3 Å². The van der Waals surface area contributed by atoms with Crippen molar-refractivity contribution in [3.63, 3.8) is 0 Å². The number of ether oxygens (including phenoxy) is 1. The van der Waals surface area contributed by atoms with Gasteiger partial charge in [-0.1, -0.05) is 18.2 Å². The zero-order valence-electron chi connectivity index (χ0n) is 7.40. The van der Waals surface area contributed by atoms with Crippen LogP contribution in [-0.4, -0.2) is 13.0 Å². The molecule has 0 bridgehead atoms. The van der Waals surface area contributed by atoms with Crippen LogP contribution in [0.3, 0.4) is 0 Å². The molecule has 0 unspecified atom stereocenters. The van der Waals surface area contributed by atoms with Crippen molar-refractivity contribution >= 4 is 11.6 Å². The van der Waals surface area contributed by atoms with Crippen LogP contribution in [0.2, 0.25) is 0 Å². The summed E-state index contributed by atoms with van der Waals surface area (Å²) in [6, 6.07) is 11.4. The number of aliphatic imine (C=N–C) groups is 1. The second kappa shape index (κ2) is 4.94. The Bertz CT molecular complexity index is 325. The lowest BCUT2D eigenvalue weighted by atomic mass is 10.3. The molecule has 1 aromatic carbocycles. The van der Waals surface area contributed by atoms with E-state index in [9.17, 15) is 0 Å². The highest BCUT2D eigenvalue weighted by Gasteiger charge is 1.96. The van der Waals surface area contributed by atoms with Crippen molar-refractivity contribution in [1.82, 2.24) is 0 Å². The van der Waals surface area contributed by atoms with Gasteiger partial charge in [0.1, 0.15) is 6.42 Å². The molecule has 0 aliphatic heterocycles. The number of para-hydroxylation sites is 1. The van der Waals surface area contributed by atoms with Gasteiger partial charge >= 0.3 is 0 Å². The minimum Gasteiger partial charge on any atom is -0.483 e. The van der Waals surface area contributed by atoms with Crippen LogP contribution in [0.5, 0.6) is 0 Å². The summed E-state index contributed by atoms with van der Waals surface area (Å²) in [7, 11) is 1.51. The highest BCUT2D eigenvalue weighted by molar-refractivity contribution is 5.80. The predicted octanol–water partition coefficient (Wildman–Crippen LogP) is 2.28. The van der Waals surface area contributed by atoms with Crippen LogP contribution in [0, 0.1) is 11.3 Å². The monoisotopic (exact) mass is 174 g/mol. The standard InChI is InChI=1S/C10H10N2O/c1-13-10(7-8-11)12-9-5-3-2-4-6-9/h2-6H,7H2,1H3. The number of benzene rings is 1. The molecular weight excluding hydrogens is 164 g/mol. The van der Waals surface area contributed by atoms with E-state index in [0.29, 0.717) is 5.90 Å². The lowest BCUT2D eigenvalue weighted by molar-refractivity contribution is 0.396. The zero-order valence-corrected chi connectivity index (χ0v) is 7.40. The van der Waals surface area contributed by atoms with Crippen molar-refractivity contribution in [2.24, 2.45) is 4.99 Å². The lowest BCUT2D eigenvalue weighted by Gasteiger charge is -1.99. The zero-order chi connectivity index (χ0) is 9.52. The van der Waals surface area contributed by atoms with E-state index in [0.717, 1.165) is 5.69 Å². The minimum atomic E-state index is 0.200. The van der Waals surface area contributed by atoms with E-state index in [1.165, 1.54) is 7.11 Å². The van der Waals surface area contributed by atoms with Gasteiger partial charge in [0.25, 0.3) is 0 Å². The first kappa shape index (κ1) is 9.27. The first-order valence-electron chi connectivity index (χ1n) is 3.90. The summed E-state index contributed by atoms with van der Waals surface area (Å²) in [5.41, 5.74) is 0.801. The van der Waals surface area contributed by atoms with Crippen molar-refractivity contribution in [3.05, 3.63) is 30.3 Å². The third-order valence-corrected chi connectivity index (χ3v) is 1.48. The van der Waals surface area contributed by atoms with Crippen molar-refractivity contribution in [3.8, 4) is 6.07 Å². The van der Waals surface area contributed by atoms with E-state index in [2.05, 4.69) is 4.99 Å². The number of nitrogens with zero attached hydrogens (tertiary/aromatic N) is 2. The molecule has 0 atom stereocenters. The molecule has 0 amide bonds. The third kappa shape index (κ3) is 2.96. The maximum atomic E-state index is 8.43. The fraction of sp³-hybridized carbons (Fsp3) is 0.200. The molecule has 0 spiro atoms. The quantitative estimate of drug-likeness (QED) is 0.510. The summed E-state index contributed by atoms with van der Waals surface area (Å²) in [6.07, 6.45) is 0.200. The number of hydrogen-bond donors (Lipinski definition) is 0. The number of methoxy groups -OCH3 is 1. The van der Waals surface area contributed by atoms with Gasteiger partial charge in [0, 0.05) is 0 Å². The first-order chi connectivity index (χ1) is 6.36. The van der Waals surface area contributed by atoms with Crippen LogP contribution in [0.15, 0.2) is 35.3 Å². The summed E-state index contributed by atoms with van der Waals surface area (Å²) >= 11 is 0. The molecule has 1 rings (SSSR count). The van der Waals surface area contributed by atoms with Crippen LogP contribution in [0.25, 0.3) is 0 Å². The smallest absolute Gasteiger partial charge is 0.202 e. The number of hydrogen-bond acceptors (Lipinski definition) is 3. The maximum Gasteiger partial charge on any atom is 0.202 e. The average Bonchev–Trinajstić information content (AvgIpc) is 2.19. The SMILES string of the molecule is COC(CC#N)=Nc1ccccc1. The molecule has 0 radical (unpaired) electrons. The van der Waals surface area contributed by atoms with E-state index in [1.54, 1.807) is 0 Å². The van der Waals surface area contributed by atoms with Crippen LogP contribution in [0.4, 0.5) is 5.69 Å². The van der Waals surface area contributed by atoms with Gasteiger partial charge in [-0.15, -0.1) is 0 Å². The molecule has 3 heteroatoms. The molecule has 0 aromatic heterocycles. The summed E-state index contributed by atoms with van der Waals surface area (Å²) in [4.78, 5) is 4.14. The molecule has 66 valence electrons. The molecule has 0 fully saturated rings. The predicted molar refractivity (Wildman–Crippen MR) is 50.8 cm³/mol. The summed E-state index contributed by atoms with van der Waals surface area (Å²) in [6.45, 7) is 0. The molecule has 0 N–H and O–H groups in total. The van der Waals surface area contributed by atoms with Crippen molar-refractivity contribution in [2.45, 2.75) is 6.42 Å². The Morgan fingerprint density at radius 3 is 2.69 bits per heavy atom. The van der Waals surface area contributed by atoms with Crippen LogP contribution >= 0.6 is 0 Å². The Morgan fingerprint density at radius 1 is 1.46 bits per heavy atom. The van der Waals surface area contributed by atoms with Crippen LogP contribution in [-0.2, 0) is 4.74 Å². The molecule has 0 aliphatic rings. The molecule has 3 nitrogen and oxygen atoms in total. The van der Waals surface area contributed by atoms with Crippen molar-refractivity contribution < 1.29 is 4.74 Å². The maximum absolute atomic E-state index is 8.43. The molecule has 1 aromatic rings. The van der Waals surface area contributed by atoms with Gasteiger partial charge in [0.15, 0.2) is 0 Å². The normalized spacial score (nSPS) is 10.6. The topological polar surface area (TPSA) is 45.4 Å². The lowest BCUT2D eigenvalue weighted by Crippen LogP contribution is -1.98. The van der Waals surface area contributed by atoms with E-state index in [4.69, 9.17) is 10.00 Å². The molecule has 13 heavy (non-hydrogen) atoms. The van der Waals surface area contributed by atoms with E-state index < -0.39 is 0 Å². The van der Waals surface area contributed by atoms with E-state index >= 15 is 0 Å². The minimum absolute atomic E-state index is 0.200.